The Hall–Kier alpha value is -1.81. The van der Waals surface area contributed by atoms with E-state index in [1.54, 1.807) is 24.5 Å². The number of halogens is 1. The molecule has 0 saturated heterocycles. The van der Waals surface area contributed by atoms with Gasteiger partial charge in [0.25, 0.3) is 0 Å². The first kappa shape index (κ1) is 13.6. The number of rotatable bonds is 5. The summed E-state index contributed by atoms with van der Waals surface area (Å²) >= 11 is 0. The predicted octanol–water partition coefficient (Wildman–Crippen LogP) is 3.17. The van der Waals surface area contributed by atoms with Crippen LogP contribution in [0, 0.1) is 12.7 Å². The van der Waals surface area contributed by atoms with Crippen LogP contribution >= 0.6 is 0 Å². The summed E-state index contributed by atoms with van der Waals surface area (Å²) in [6.07, 6.45) is 4.41. The SMILES string of the molecule is CCC(NCc1cnc(C)cn1)c1cccc(F)c1. The van der Waals surface area contributed by atoms with Crippen LogP contribution in [-0.2, 0) is 6.54 Å². The Labute approximate surface area is 112 Å². The summed E-state index contributed by atoms with van der Waals surface area (Å²) in [4.78, 5) is 8.50. The average molecular weight is 259 g/mol. The molecule has 0 aliphatic carbocycles. The third-order valence-electron chi connectivity index (χ3n) is 3.02. The van der Waals surface area contributed by atoms with Crippen LogP contribution in [0.15, 0.2) is 36.7 Å². The molecule has 0 radical (unpaired) electrons. The molecule has 4 heteroatoms. The number of hydrogen-bond acceptors (Lipinski definition) is 3. The first-order valence-electron chi connectivity index (χ1n) is 6.45. The highest BCUT2D eigenvalue weighted by molar-refractivity contribution is 5.20. The number of aromatic nitrogens is 2. The van der Waals surface area contributed by atoms with Crippen LogP contribution in [0.1, 0.15) is 36.3 Å². The van der Waals surface area contributed by atoms with Crippen molar-refractivity contribution in [1.82, 2.24) is 15.3 Å². The summed E-state index contributed by atoms with van der Waals surface area (Å²) in [5, 5.41) is 3.38. The zero-order valence-electron chi connectivity index (χ0n) is 11.2. The third-order valence-corrected chi connectivity index (χ3v) is 3.02. The molecule has 3 nitrogen and oxygen atoms in total. The minimum Gasteiger partial charge on any atom is -0.304 e. The van der Waals surface area contributed by atoms with E-state index in [4.69, 9.17) is 0 Å². The van der Waals surface area contributed by atoms with Gasteiger partial charge in [0.1, 0.15) is 5.82 Å². The van der Waals surface area contributed by atoms with E-state index in [1.165, 1.54) is 6.07 Å². The van der Waals surface area contributed by atoms with Gasteiger partial charge in [0.05, 0.1) is 11.4 Å². The fourth-order valence-electron chi connectivity index (χ4n) is 1.96. The van der Waals surface area contributed by atoms with E-state index >= 15 is 0 Å². The highest BCUT2D eigenvalue weighted by Crippen LogP contribution is 2.17. The van der Waals surface area contributed by atoms with E-state index in [0.717, 1.165) is 23.4 Å². The Balaban J connectivity index is 2.01. The molecular formula is C15H18FN3. The standard InChI is InChI=1S/C15H18FN3/c1-3-15(12-5-4-6-13(16)7-12)19-10-14-9-17-11(2)8-18-14/h4-9,15,19H,3,10H2,1-2H3. The van der Waals surface area contributed by atoms with Crippen LogP contribution in [-0.4, -0.2) is 9.97 Å². The molecule has 1 aromatic heterocycles. The second-order valence-electron chi connectivity index (χ2n) is 4.55. The molecular weight excluding hydrogens is 241 g/mol. The molecule has 1 unspecified atom stereocenters. The molecule has 0 saturated carbocycles. The van der Waals surface area contributed by atoms with Gasteiger partial charge in [-0.2, -0.15) is 0 Å². The molecule has 0 aliphatic rings. The van der Waals surface area contributed by atoms with E-state index < -0.39 is 0 Å². The van der Waals surface area contributed by atoms with Crippen LogP contribution in [0.4, 0.5) is 4.39 Å². The molecule has 2 aromatic rings. The Bertz CT molecular complexity index is 525. The Morgan fingerprint density at radius 2 is 2.11 bits per heavy atom. The minimum absolute atomic E-state index is 0.124. The van der Waals surface area contributed by atoms with Crippen LogP contribution in [0.2, 0.25) is 0 Å². The lowest BCUT2D eigenvalue weighted by atomic mass is 10.0. The van der Waals surface area contributed by atoms with E-state index in [1.807, 2.05) is 13.0 Å². The number of aryl methyl sites for hydroxylation is 1. The normalized spacial score (nSPS) is 12.4. The van der Waals surface area contributed by atoms with Gasteiger partial charge in [-0.15, -0.1) is 0 Å². The highest BCUT2D eigenvalue weighted by atomic mass is 19.1. The van der Waals surface area contributed by atoms with Gasteiger partial charge in [-0.3, -0.25) is 9.97 Å². The van der Waals surface area contributed by atoms with Gasteiger partial charge in [0, 0.05) is 25.0 Å². The lowest BCUT2D eigenvalue weighted by Gasteiger charge is -2.17. The van der Waals surface area contributed by atoms with Gasteiger partial charge in [-0.1, -0.05) is 19.1 Å². The molecule has 1 N–H and O–H groups in total. The van der Waals surface area contributed by atoms with Crippen molar-refractivity contribution in [2.75, 3.05) is 0 Å². The maximum atomic E-state index is 13.2. The Morgan fingerprint density at radius 1 is 1.26 bits per heavy atom. The fraction of sp³-hybridized carbons (Fsp3) is 0.333. The zero-order valence-corrected chi connectivity index (χ0v) is 11.2. The molecule has 19 heavy (non-hydrogen) atoms. The molecule has 0 aliphatic heterocycles. The van der Waals surface area contributed by atoms with Crippen molar-refractivity contribution in [2.24, 2.45) is 0 Å². The van der Waals surface area contributed by atoms with Gasteiger partial charge < -0.3 is 5.32 Å². The second-order valence-corrected chi connectivity index (χ2v) is 4.55. The molecule has 1 aromatic carbocycles. The third kappa shape index (κ3) is 3.83. The van der Waals surface area contributed by atoms with E-state index in [9.17, 15) is 4.39 Å². The van der Waals surface area contributed by atoms with Crippen LogP contribution in [0.5, 0.6) is 0 Å². The summed E-state index contributed by atoms with van der Waals surface area (Å²) in [6.45, 7) is 4.61. The van der Waals surface area contributed by atoms with Crippen LogP contribution in [0.3, 0.4) is 0 Å². The van der Waals surface area contributed by atoms with E-state index in [2.05, 4.69) is 22.2 Å². The Kier molecular flexibility index (Phi) is 4.58. The van der Waals surface area contributed by atoms with Crippen molar-refractivity contribution >= 4 is 0 Å². The monoisotopic (exact) mass is 259 g/mol. The van der Waals surface area contributed by atoms with Crippen molar-refractivity contribution in [3.63, 3.8) is 0 Å². The van der Waals surface area contributed by atoms with Gasteiger partial charge in [-0.25, -0.2) is 4.39 Å². The number of benzene rings is 1. The van der Waals surface area contributed by atoms with Crippen molar-refractivity contribution in [3.05, 3.63) is 59.4 Å². The lowest BCUT2D eigenvalue weighted by molar-refractivity contribution is 0.509. The molecule has 1 atom stereocenters. The van der Waals surface area contributed by atoms with Crippen LogP contribution < -0.4 is 5.32 Å². The number of nitrogens with zero attached hydrogens (tertiary/aromatic N) is 2. The number of nitrogens with one attached hydrogen (secondary N) is 1. The van der Waals surface area contributed by atoms with Gasteiger partial charge in [-0.05, 0) is 31.0 Å². The summed E-state index contributed by atoms with van der Waals surface area (Å²) in [6, 6.07) is 6.83. The Morgan fingerprint density at radius 3 is 2.74 bits per heavy atom. The molecule has 100 valence electrons. The lowest BCUT2D eigenvalue weighted by Crippen LogP contribution is -2.21. The predicted molar refractivity (Wildman–Crippen MR) is 73.0 cm³/mol. The molecule has 0 fully saturated rings. The second kappa shape index (κ2) is 6.38. The van der Waals surface area contributed by atoms with Crippen LogP contribution in [0.25, 0.3) is 0 Å². The van der Waals surface area contributed by atoms with E-state index in [-0.39, 0.29) is 11.9 Å². The summed E-state index contributed by atoms with van der Waals surface area (Å²) in [5.41, 5.74) is 2.75. The molecule has 2 rings (SSSR count). The van der Waals surface area contributed by atoms with Crippen molar-refractivity contribution in [3.8, 4) is 0 Å². The van der Waals surface area contributed by atoms with E-state index in [0.29, 0.717) is 6.54 Å². The fourth-order valence-corrected chi connectivity index (χ4v) is 1.96. The minimum atomic E-state index is -0.201. The highest BCUT2D eigenvalue weighted by Gasteiger charge is 2.09. The summed E-state index contributed by atoms with van der Waals surface area (Å²) in [5.74, 6) is -0.201. The maximum Gasteiger partial charge on any atom is 0.123 e. The maximum absolute atomic E-state index is 13.2. The zero-order chi connectivity index (χ0) is 13.7. The van der Waals surface area contributed by atoms with Crippen molar-refractivity contribution in [1.29, 1.82) is 0 Å². The summed E-state index contributed by atoms with van der Waals surface area (Å²) < 4.78 is 13.2. The van der Waals surface area contributed by atoms with Crippen molar-refractivity contribution in [2.45, 2.75) is 32.9 Å². The average Bonchev–Trinajstić information content (AvgIpc) is 2.42. The quantitative estimate of drug-likeness (QED) is 0.896. The first-order valence-corrected chi connectivity index (χ1v) is 6.45. The topological polar surface area (TPSA) is 37.8 Å². The van der Waals surface area contributed by atoms with Gasteiger partial charge in [0.2, 0.25) is 0 Å². The molecule has 0 bridgehead atoms. The smallest absolute Gasteiger partial charge is 0.123 e. The van der Waals surface area contributed by atoms with Gasteiger partial charge in [0.15, 0.2) is 0 Å². The first-order chi connectivity index (χ1) is 9.19. The molecule has 1 heterocycles. The molecule has 0 spiro atoms. The molecule has 0 amide bonds. The van der Waals surface area contributed by atoms with Gasteiger partial charge >= 0.3 is 0 Å². The number of hydrogen-bond donors (Lipinski definition) is 1. The largest absolute Gasteiger partial charge is 0.304 e. The summed E-state index contributed by atoms with van der Waals surface area (Å²) in [7, 11) is 0. The van der Waals surface area contributed by atoms with Crippen molar-refractivity contribution < 1.29 is 4.39 Å².